The maximum atomic E-state index is 12.7. The zero-order valence-corrected chi connectivity index (χ0v) is 10.9. The van der Waals surface area contributed by atoms with Crippen LogP contribution in [0.25, 0.3) is 0 Å². The fraction of sp³-hybridized carbons (Fsp3) is 0.500. The summed E-state index contributed by atoms with van der Waals surface area (Å²) in [6, 6.07) is 0. The summed E-state index contributed by atoms with van der Waals surface area (Å²) in [7, 11) is 0. The van der Waals surface area contributed by atoms with Gasteiger partial charge in [0.1, 0.15) is 0 Å². The molecule has 0 radical (unpaired) electrons. The number of alkyl halides is 1. The molecule has 1 heterocycles. The van der Waals surface area contributed by atoms with Gasteiger partial charge in [-0.05, 0) is 37.5 Å². The lowest BCUT2D eigenvalue weighted by Crippen LogP contribution is -2.47. The lowest BCUT2D eigenvalue weighted by atomic mass is 9.96. The summed E-state index contributed by atoms with van der Waals surface area (Å²) in [5.74, 6) is -0.130. The van der Waals surface area contributed by atoms with Crippen LogP contribution >= 0.6 is 0 Å². The molecule has 1 fully saturated rings. The van der Waals surface area contributed by atoms with Crippen molar-refractivity contribution >= 4 is 5.78 Å². The number of hydrogen-bond acceptors (Lipinski definition) is 3. The van der Waals surface area contributed by atoms with Gasteiger partial charge >= 0.3 is 0 Å². The minimum Gasteiger partial charge on any atom is -0.356 e. The smallest absolute Gasteiger partial charge is 0.181 e. The predicted octanol–water partition coefficient (Wildman–Crippen LogP) is 2.17. The van der Waals surface area contributed by atoms with E-state index in [2.05, 4.69) is 13.2 Å². The molecule has 2 atom stereocenters. The van der Waals surface area contributed by atoms with E-state index < -0.39 is 0 Å². The van der Waals surface area contributed by atoms with Crippen molar-refractivity contribution in [3.8, 4) is 0 Å². The Hall–Kier alpha value is -1.42. The number of halogens is 1. The molecule has 4 heteroatoms. The summed E-state index contributed by atoms with van der Waals surface area (Å²) in [4.78, 5) is 13.3. The lowest BCUT2D eigenvalue weighted by Gasteiger charge is -2.38. The van der Waals surface area contributed by atoms with Crippen LogP contribution in [0.15, 0.2) is 36.6 Å². The summed E-state index contributed by atoms with van der Waals surface area (Å²) in [6.45, 7) is 9.27. The molecule has 0 bridgehead atoms. The largest absolute Gasteiger partial charge is 0.356 e. The Balaban J connectivity index is 2.75. The molecule has 0 aromatic rings. The summed E-state index contributed by atoms with van der Waals surface area (Å²) in [5, 5.41) is 0. The van der Waals surface area contributed by atoms with Gasteiger partial charge < -0.3 is 10.6 Å². The highest BCUT2D eigenvalue weighted by molar-refractivity contribution is 6.03. The second kappa shape index (κ2) is 6.50. The third kappa shape index (κ3) is 3.53. The second-order valence-electron chi connectivity index (χ2n) is 4.70. The Morgan fingerprint density at radius 2 is 2.22 bits per heavy atom. The predicted molar refractivity (Wildman–Crippen MR) is 71.5 cm³/mol. The SMILES string of the molecule is C=CC(=O)/C(C)=C/C(=C)N1CC(CF)CC[C@H]1N. The maximum absolute atomic E-state index is 12.7. The highest BCUT2D eigenvalue weighted by atomic mass is 19.1. The van der Waals surface area contributed by atoms with Crippen LogP contribution in [-0.2, 0) is 4.79 Å². The van der Waals surface area contributed by atoms with Crippen molar-refractivity contribution in [2.75, 3.05) is 13.2 Å². The van der Waals surface area contributed by atoms with Crippen LogP contribution < -0.4 is 5.73 Å². The van der Waals surface area contributed by atoms with Crippen LogP contribution in [0.2, 0.25) is 0 Å². The van der Waals surface area contributed by atoms with Crippen molar-refractivity contribution in [2.45, 2.75) is 25.9 Å². The maximum Gasteiger partial charge on any atom is 0.181 e. The van der Waals surface area contributed by atoms with Gasteiger partial charge in [-0.15, -0.1) is 0 Å². The number of piperidine rings is 1. The number of rotatable bonds is 5. The van der Waals surface area contributed by atoms with Gasteiger partial charge in [-0.2, -0.15) is 0 Å². The second-order valence-corrected chi connectivity index (χ2v) is 4.70. The first-order valence-corrected chi connectivity index (χ1v) is 6.11. The van der Waals surface area contributed by atoms with E-state index in [1.807, 2.05) is 4.90 Å². The van der Waals surface area contributed by atoms with Crippen LogP contribution in [-0.4, -0.2) is 30.1 Å². The highest BCUT2D eigenvalue weighted by Crippen LogP contribution is 2.23. The Bertz CT molecular complexity index is 376. The average Bonchev–Trinajstić information content (AvgIpc) is 2.38. The van der Waals surface area contributed by atoms with Crippen molar-refractivity contribution in [3.05, 3.63) is 36.6 Å². The van der Waals surface area contributed by atoms with Gasteiger partial charge in [0, 0.05) is 18.2 Å². The number of nitrogens with two attached hydrogens (primary N) is 1. The van der Waals surface area contributed by atoms with Crippen LogP contribution in [0.4, 0.5) is 4.39 Å². The van der Waals surface area contributed by atoms with Gasteiger partial charge in [-0.1, -0.05) is 13.2 Å². The van der Waals surface area contributed by atoms with E-state index in [9.17, 15) is 9.18 Å². The third-order valence-electron chi connectivity index (χ3n) is 3.27. The molecule has 0 spiro atoms. The molecular formula is C14H21FN2O. The molecule has 0 aromatic heterocycles. The number of ketones is 1. The van der Waals surface area contributed by atoms with Crippen LogP contribution in [0.5, 0.6) is 0 Å². The van der Waals surface area contributed by atoms with Crippen LogP contribution in [0, 0.1) is 5.92 Å². The molecule has 2 N–H and O–H groups in total. The zero-order valence-electron chi connectivity index (χ0n) is 10.9. The van der Waals surface area contributed by atoms with Gasteiger partial charge in [-0.3, -0.25) is 9.18 Å². The molecule has 0 amide bonds. The van der Waals surface area contributed by atoms with Crippen molar-refractivity contribution in [1.29, 1.82) is 0 Å². The van der Waals surface area contributed by atoms with E-state index in [4.69, 9.17) is 5.73 Å². The minimum absolute atomic E-state index is 0.00496. The molecular weight excluding hydrogens is 231 g/mol. The molecule has 3 nitrogen and oxygen atoms in total. The standard InChI is InChI=1S/C14H21FN2O/c1-4-13(18)10(2)7-11(3)17-9-12(8-15)5-6-14(17)16/h4,7,12,14H,1,3,5-6,8-9,16H2,2H3/b10-7+/t12?,14-/m0/s1. The molecule has 1 aliphatic rings. The summed E-state index contributed by atoms with van der Waals surface area (Å²) in [5.41, 5.74) is 7.21. The Kier molecular flexibility index (Phi) is 5.28. The molecule has 100 valence electrons. The minimum atomic E-state index is -0.342. The van der Waals surface area contributed by atoms with E-state index >= 15 is 0 Å². The number of nitrogens with zero attached hydrogens (tertiary/aromatic N) is 1. The van der Waals surface area contributed by atoms with Gasteiger partial charge in [-0.25, -0.2) is 0 Å². The van der Waals surface area contributed by atoms with E-state index in [-0.39, 0.29) is 24.5 Å². The van der Waals surface area contributed by atoms with E-state index in [0.717, 1.165) is 12.8 Å². The normalized spacial score (nSPS) is 24.8. The molecule has 0 saturated carbocycles. The van der Waals surface area contributed by atoms with Gasteiger partial charge in [0.2, 0.25) is 0 Å². The van der Waals surface area contributed by atoms with E-state index in [0.29, 0.717) is 17.8 Å². The van der Waals surface area contributed by atoms with E-state index in [1.165, 1.54) is 6.08 Å². The summed E-state index contributed by atoms with van der Waals surface area (Å²) >= 11 is 0. The van der Waals surface area contributed by atoms with Gasteiger partial charge in [0.15, 0.2) is 5.78 Å². The first kappa shape index (κ1) is 14.6. The number of hydrogen-bond donors (Lipinski definition) is 1. The van der Waals surface area contributed by atoms with Crippen molar-refractivity contribution in [1.82, 2.24) is 4.90 Å². The molecule has 18 heavy (non-hydrogen) atoms. The van der Waals surface area contributed by atoms with Crippen molar-refractivity contribution in [3.63, 3.8) is 0 Å². The Morgan fingerprint density at radius 1 is 1.56 bits per heavy atom. The molecule has 1 rings (SSSR count). The van der Waals surface area contributed by atoms with E-state index in [1.54, 1.807) is 13.0 Å². The zero-order chi connectivity index (χ0) is 13.7. The molecule has 1 aliphatic heterocycles. The molecule has 0 aliphatic carbocycles. The summed E-state index contributed by atoms with van der Waals surface area (Å²) in [6.07, 6.45) is 4.35. The van der Waals surface area contributed by atoms with Crippen molar-refractivity contribution < 1.29 is 9.18 Å². The van der Waals surface area contributed by atoms with Gasteiger partial charge in [0.25, 0.3) is 0 Å². The number of likely N-dealkylation sites (tertiary alicyclic amines) is 1. The highest BCUT2D eigenvalue weighted by Gasteiger charge is 2.26. The van der Waals surface area contributed by atoms with Crippen molar-refractivity contribution in [2.24, 2.45) is 11.7 Å². The average molecular weight is 252 g/mol. The first-order valence-electron chi connectivity index (χ1n) is 6.11. The molecule has 1 saturated heterocycles. The quantitative estimate of drug-likeness (QED) is 0.602. The topological polar surface area (TPSA) is 46.3 Å². The monoisotopic (exact) mass is 252 g/mol. The fourth-order valence-electron chi connectivity index (χ4n) is 2.09. The number of allylic oxidation sites excluding steroid dienone is 3. The van der Waals surface area contributed by atoms with Gasteiger partial charge in [0.05, 0.1) is 12.8 Å². The molecule has 0 aromatic carbocycles. The Labute approximate surface area is 108 Å². The molecule has 1 unspecified atom stereocenters. The number of carbonyl (C=O) groups is 1. The van der Waals surface area contributed by atoms with Crippen LogP contribution in [0.1, 0.15) is 19.8 Å². The Morgan fingerprint density at radius 3 is 2.78 bits per heavy atom. The number of carbonyl (C=O) groups excluding carboxylic acids is 1. The third-order valence-corrected chi connectivity index (χ3v) is 3.27. The summed E-state index contributed by atoms with van der Waals surface area (Å²) < 4.78 is 12.7. The van der Waals surface area contributed by atoms with Crippen LogP contribution in [0.3, 0.4) is 0 Å². The fourth-order valence-corrected chi connectivity index (χ4v) is 2.09. The first-order chi connectivity index (χ1) is 8.49. The lowest BCUT2D eigenvalue weighted by molar-refractivity contribution is -0.111.